The molecule has 0 atom stereocenters. The fraction of sp³-hybridized carbons (Fsp3) is 0.143. The van der Waals surface area contributed by atoms with Crippen molar-refractivity contribution in [1.82, 2.24) is 9.97 Å². The summed E-state index contributed by atoms with van der Waals surface area (Å²) in [4.78, 5) is 8.62. The Balaban J connectivity index is 1.76. The van der Waals surface area contributed by atoms with Crippen molar-refractivity contribution in [2.75, 3.05) is 0 Å². The summed E-state index contributed by atoms with van der Waals surface area (Å²) in [6.45, 7) is 0. The molecular formula is C14H12N2S. The quantitative estimate of drug-likeness (QED) is 0.700. The Morgan fingerprint density at radius 1 is 1.00 bits per heavy atom. The van der Waals surface area contributed by atoms with Crippen LogP contribution in [0.25, 0.3) is 10.2 Å². The summed E-state index contributed by atoms with van der Waals surface area (Å²) < 4.78 is 1.27. The first-order chi connectivity index (χ1) is 8.42. The molecule has 3 rings (SSSR count). The van der Waals surface area contributed by atoms with Gasteiger partial charge >= 0.3 is 0 Å². The zero-order valence-corrected chi connectivity index (χ0v) is 10.2. The van der Waals surface area contributed by atoms with E-state index in [0.717, 1.165) is 24.1 Å². The van der Waals surface area contributed by atoms with Gasteiger partial charge < -0.3 is 0 Å². The van der Waals surface area contributed by atoms with Gasteiger partial charge in [0.2, 0.25) is 0 Å². The van der Waals surface area contributed by atoms with Gasteiger partial charge in [0.15, 0.2) is 0 Å². The van der Waals surface area contributed by atoms with E-state index in [2.05, 4.69) is 34.2 Å². The molecule has 17 heavy (non-hydrogen) atoms. The normalized spacial score (nSPS) is 10.8. The Kier molecular flexibility index (Phi) is 2.84. The number of nitrogens with zero attached hydrogens (tertiary/aromatic N) is 2. The number of pyridine rings is 1. The number of thiazole rings is 1. The van der Waals surface area contributed by atoms with Gasteiger partial charge in [0.05, 0.1) is 15.7 Å². The lowest BCUT2D eigenvalue weighted by Crippen LogP contribution is -1.93. The van der Waals surface area contributed by atoms with Crippen LogP contribution < -0.4 is 0 Å². The van der Waals surface area contributed by atoms with E-state index in [9.17, 15) is 0 Å². The summed E-state index contributed by atoms with van der Waals surface area (Å²) in [5.41, 5.74) is 5.49. The molecule has 0 amide bonds. The maximum atomic E-state index is 4.34. The van der Waals surface area contributed by atoms with Crippen molar-refractivity contribution >= 4 is 21.6 Å². The molecule has 0 saturated heterocycles. The molecule has 0 fully saturated rings. The maximum absolute atomic E-state index is 4.34. The third kappa shape index (κ3) is 2.34. The third-order valence-electron chi connectivity index (χ3n) is 2.79. The van der Waals surface area contributed by atoms with Crippen LogP contribution in [-0.2, 0) is 12.8 Å². The smallest absolute Gasteiger partial charge is 0.0812 e. The second-order valence-electron chi connectivity index (χ2n) is 3.98. The third-order valence-corrected chi connectivity index (χ3v) is 3.58. The highest BCUT2D eigenvalue weighted by molar-refractivity contribution is 7.16. The highest BCUT2D eigenvalue weighted by atomic mass is 32.1. The summed E-state index contributed by atoms with van der Waals surface area (Å²) in [5, 5.41) is 0. The van der Waals surface area contributed by atoms with Crippen molar-refractivity contribution in [3.05, 3.63) is 59.4 Å². The van der Waals surface area contributed by atoms with E-state index in [1.165, 1.54) is 10.3 Å². The predicted octanol–water partition coefficient (Wildman–Crippen LogP) is 3.48. The summed E-state index contributed by atoms with van der Waals surface area (Å²) >= 11 is 1.70. The first kappa shape index (κ1) is 10.4. The van der Waals surface area contributed by atoms with E-state index in [1.54, 1.807) is 11.3 Å². The molecule has 3 aromatic rings. The minimum absolute atomic E-state index is 0.991. The van der Waals surface area contributed by atoms with Gasteiger partial charge in [0, 0.05) is 11.9 Å². The lowest BCUT2D eigenvalue weighted by atomic mass is 10.1. The van der Waals surface area contributed by atoms with Gasteiger partial charge in [-0.05, 0) is 42.7 Å². The van der Waals surface area contributed by atoms with Gasteiger partial charge in [-0.3, -0.25) is 4.98 Å². The van der Waals surface area contributed by atoms with E-state index in [1.807, 2.05) is 23.8 Å². The number of aromatic nitrogens is 2. The largest absolute Gasteiger partial charge is 0.261 e. The molecule has 0 N–H and O–H groups in total. The fourth-order valence-electron chi connectivity index (χ4n) is 1.87. The van der Waals surface area contributed by atoms with E-state index >= 15 is 0 Å². The molecule has 0 aliphatic rings. The average molecular weight is 240 g/mol. The van der Waals surface area contributed by atoms with Crippen molar-refractivity contribution in [2.45, 2.75) is 12.8 Å². The first-order valence-electron chi connectivity index (χ1n) is 5.64. The molecule has 0 aliphatic carbocycles. The average Bonchev–Trinajstić information content (AvgIpc) is 2.85. The highest BCUT2D eigenvalue weighted by Crippen LogP contribution is 2.19. The molecule has 0 aliphatic heterocycles. The van der Waals surface area contributed by atoms with Gasteiger partial charge in [-0.1, -0.05) is 12.1 Å². The Bertz CT molecular complexity index is 616. The van der Waals surface area contributed by atoms with E-state index in [-0.39, 0.29) is 0 Å². The van der Waals surface area contributed by atoms with Gasteiger partial charge in [0.1, 0.15) is 0 Å². The molecule has 2 aromatic heterocycles. The Morgan fingerprint density at radius 2 is 2.00 bits per heavy atom. The maximum Gasteiger partial charge on any atom is 0.0812 e. The number of benzene rings is 1. The highest BCUT2D eigenvalue weighted by Gasteiger charge is 2.00. The van der Waals surface area contributed by atoms with Gasteiger partial charge in [-0.2, -0.15) is 0 Å². The molecular weight excluding hydrogens is 228 g/mol. The van der Waals surface area contributed by atoms with Crippen molar-refractivity contribution in [3.8, 4) is 0 Å². The zero-order valence-electron chi connectivity index (χ0n) is 9.34. The molecule has 0 radical (unpaired) electrons. The molecule has 0 unspecified atom stereocenters. The van der Waals surface area contributed by atoms with Crippen LogP contribution in [0, 0.1) is 0 Å². The predicted molar refractivity (Wildman–Crippen MR) is 71.3 cm³/mol. The van der Waals surface area contributed by atoms with Gasteiger partial charge in [0.25, 0.3) is 0 Å². The number of aryl methyl sites for hydroxylation is 2. The number of hydrogen-bond donors (Lipinski definition) is 0. The van der Waals surface area contributed by atoms with Crippen LogP contribution in [0.15, 0.2) is 48.1 Å². The van der Waals surface area contributed by atoms with Gasteiger partial charge in [-0.15, -0.1) is 11.3 Å². The van der Waals surface area contributed by atoms with Crippen LogP contribution in [0.5, 0.6) is 0 Å². The lowest BCUT2D eigenvalue weighted by molar-refractivity contribution is 0.915. The van der Waals surface area contributed by atoms with Crippen LogP contribution in [0.1, 0.15) is 11.3 Å². The summed E-state index contributed by atoms with van der Waals surface area (Å²) in [5.74, 6) is 0. The van der Waals surface area contributed by atoms with E-state index in [0.29, 0.717) is 0 Å². The molecule has 84 valence electrons. The Labute approximate surface area is 104 Å². The molecule has 0 bridgehead atoms. The summed E-state index contributed by atoms with van der Waals surface area (Å²) in [7, 11) is 0. The van der Waals surface area contributed by atoms with Crippen LogP contribution in [0.4, 0.5) is 0 Å². The minimum atomic E-state index is 0.991. The molecule has 2 heterocycles. The summed E-state index contributed by atoms with van der Waals surface area (Å²) in [6, 6.07) is 12.5. The van der Waals surface area contributed by atoms with Crippen LogP contribution >= 0.6 is 11.3 Å². The zero-order chi connectivity index (χ0) is 11.5. The van der Waals surface area contributed by atoms with Crippen molar-refractivity contribution in [1.29, 1.82) is 0 Å². The lowest BCUT2D eigenvalue weighted by Gasteiger charge is -2.01. The van der Waals surface area contributed by atoms with Crippen LogP contribution in [0.3, 0.4) is 0 Å². The summed E-state index contributed by atoms with van der Waals surface area (Å²) in [6.07, 6.45) is 3.87. The topological polar surface area (TPSA) is 25.8 Å². The SMILES string of the molecule is c1ccc(CCc2ccc3ncsc3c2)nc1. The van der Waals surface area contributed by atoms with E-state index in [4.69, 9.17) is 0 Å². The monoisotopic (exact) mass is 240 g/mol. The van der Waals surface area contributed by atoms with Crippen molar-refractivity contribution in [2.24, 2.45) is 0 Å². The second kappa shape index (κ2) is 4.63. The number of hydrogen-bond acceptors (Lipinski definition) is 3. The van der Waals surface area contributed by atoms with Crippen molar-refractivity contribution in [3.63, 3.8) is 0 Å². The van der Waals surface area contributed by atoms with Crippen LogP contribution in [0.2, 0.25) is 0 Å². The Hall–Kier alpha value is -1.74. The molecule has 0 spiro atoms. The second-order valence-corrected chi connectivity index (χ2v) is 4.86. The molecule has 2 nitrogen and oxygen atoms in total. The minimum Gasteiger partial charge on any atom is -0.261 e. The standard InChI is InChI=1S/C14H12N2S/c1-2-8-15-12(3-1)6-4-11-5-7-13-14(9-11)17-10-16-13/h1-3,5,7-10H,4,6H2. The first-order valence-corrected chi connectivity index (χ1v) is 6.52. The fourth-order valence-corrected chi connectivity index (χ4v) is 2.61. The van der Waals surface area contributed by atoms with Gasteiger partial charge in [-0.25, -0.2) is 4.98 Å². The number of fused-ring (bicyclic) bond motifs is 1. The van der Waals surface area contributed by atoms with Crippen molar-refractivity contribution < 1.29 is 0 Å². The number of rotatable bonds is 3. The molecule has 0 saturated carbocycles. The van der Waals surface area contributed by atoms with Crippen LogP contribution in [-0.4, -0.2) is 9.97 Å². The van der Waals surface area contributed by atoms with E-state index < -0.39 is 0 Å². The Morgan fingerprint density at radius 3 is 2.88 bits per heavy atom. The molecule has 3 heteroatoms. The molecule has 1 aromatic carbocycles.